The highest BCUT2D eigenvalue weighted by atomic mass is 32.2. The van der Waals surface area contributed by atoms with Gasteiger partial charge in [0.15, 0.2) is 0 Å². The number of aromatic nitrogens is 1. The van der Waals surface area contributed by atoms with Crippen LogP contribution in [0.2, 0.25) is 0 Å². The van der Waals surface area contributed by atoms with E-state index in [0.29, 0.717) is 5.56 Å². The van der Waals surface area contributed by atoms with Crippen LogP contribution in [0.3, 0.4) is 0 Å². The van der Waals surface area contributed by atoms with Gasteiger partial charge in [-0.3, -0.25) is 0 Å². The van der Waals surface area contributed by atoms with Gasteiger partial charge in [0.1, 0.15) is 10.7 Å². The van der Waals surface area contributed by atoms with Gasteiger partial charge in [0.25, 0.3) is 0 Å². The zero-order valence-corrected chi connectivity index (χ0v) is 10.5. The summed E-state index contributed by atoms with van der Waals surface area (Å²) in [5.74, 6) is 0.198. The SMILES string of the molecule is Cc1[nH]c(N)c(S(=O)(=O)c2ccccc2)c1C. The summed E-state index contributed by atoms with van der Waals surface area (Å²) < 4.78 is 24.8. The normalized spacial score (nSPS) is 11.6. The molecule has 0 saturated carbocycles. The number of anilines is 1. The molecule has 0 radical (unpaired) electrons. The third kappa shape index (κ3) is 1.82. The minimum atomic E-state index is -3.54. The van der Waals surface area contributed by atoms with Gasteiger partial charge in [0.05, 0.1) is 4.90 Å². The number of hydrogen-bond donors (Lipinski definition) is 2. The molecule has 0 aliphatic carbocycles. The standard InChI is InChI=1S/C12H14N2O2S/c1-8-9(2)14-12(13)11(8)17(15,16)10-6-4-3-5-7-10/h3-7,14H,13H2,1-2H3. The Labute approximate surface area is 100 Å². The van der Waals surface area contributed by atoms with Crippen molar-refractivity contribution in [2.75, 3.05) is 5.73 Å². The van der Waals surface area contributed by atoms with Crippen molar-refractivity contribution in [3.05, 3.63) is 41.6 Å². The number of H-pyrrole nitrogens is 1. The fourth-order valence-electron chi connectivity index (χ4n) is 1.79. The summed E-state index contributed by atoms with van der Waals surface area (Å²) in [4.78, 5) is 3.29. The summed E-state index contributed by atoms with van der Waals surface area (Å²) in [6, 6.07) is 8.29. The largest absolute Gasteiger partial charge is 0.384 e. The van der Waals surface area contributed by atoms with Crippen molar-refractivity contribution < 1.29 is 8.42 Å². The lowest BCUT2D eigenvalue weighted by Crippen LogP contribution is -2.05. The Balaban J connectivity index is 2.69. The number of nitrogens with two attached hydrogens (primary N) is 1. The molecule has 0 aliphatic rings. The third-order valence-corrected chi connectivity index (χ3v) is 4.75. The Morgan fingerprint density at radius 3 is 2.18 bits per heavy atom. The predicted octanol–water partition coefficient (Wildman–Crippen LogP) is 2.05. The summed E-state index contributed by atoms with van der Waals surface area (Å²) in [5.41, 5.74) is 7.18. The molecule has 0 saturated heterocycles. The molecule has 1 aromatic carbocycles. The van der Waals surface area contributed by atoms with Crippen LogP contribution < -0.4 is 5.73 Å². The number of nitrogens with one attached hydrogen (secondary N) is 1. The second-order valence-corrected chi connectivity index (χ2v) is 5.82. The lowest BCUT2D eigenvalue weighted by atomic mass is 10.3. The van der Waals surface area contributed by atoms with Gasteiger partial charge in [-0.15, -0.1) is 0 Å². The summed E-state index contributed by atoms with van der Waals surface area (Å²) in [7, 11) is -3.54. The fourth-order valence-corrected chi connectivity index (χ4v) is 3.44. The molecule has 1 heterocycles. The van der Waals surface area contributed by atoms with E-state index in [1.54, 1.807) is 44.2 Å². The van der Waals surface area contributed by atoms with Crippen LogP contribution in [-0.4, -0.2) is 13.4 Å². The van der Waals surface area contributed by atoms with E-state index in [2.05, 4.69) is 4.98 Å². The molecule has 0 bridgehead atoms. The van der Waals surface area contributed by atoms with Crippen LogP contribution in [0.1, 0.15) is 11.3 Å². The maximum atomic E-state index is 12.4. The van der Waals surface area contributed by atoms with E-state index in [4.69, 9.17) is 5.73 Å². The molecule has 0 fully saturated rings. The van der Waals surface area contributed by atoms with Gasteiger partial charge in [0, 0.05) is 5.69 Å². The molecule has 0 spiro atoms. The predicted molar refractivity (Wildman–Crippen MR) is 66.6 cm³/mol. The van der Waals surface area contributed by atoms with Gasteiger partial charge in [-0.1, -0.05) is 18.2 Å². The van der Waals surface area contributed by atoms with E-state index in [-0.39, 0.29) is 15.6 Å². The molecule has 1 aromatic heterocycles. The van der Waals surface area contributed by atoms with Crippen LogP contribution in [0.4, 0.5) is 5.82 Å². The van der Waals surface area contributed by atoms with Crippen LogP contribution in [-0.2, 0) is 9.84 Å². The molecule has 90 valence electrons. The number of hydrogen-bond acceptors (Lipinski definition) is 3. The van der Waals surface area contributed by atoms with Crippen molar-refractivity contribution in [2.45, 2.75) is 23.6 Å². The number of sulfone groups is 1. The summed E-state index contributed by atoms with van der Waals surface area (Å²) in [5, 5.41) is 0. The van der Waals surface area contributed by atoms with Gasteiger partial charge in [0.2, 0.25) is 9.84 Å². The maximum Gasteiger partial charge on any atom is 0.210 e. The Morgan fingerprint density at radius 2 is 1.71 bits per heavy atom. The Hall–Kier alpha value is -1.75. The summed E-state index contributed by atoms with van der Waals surface area (Å²) >= 11 is 0. The van der Waals surface area contributed by atoms with Crippen LogP contribution in [0.5, 0.6) is 0 Å². The third-order valence-electron chi connectivity index (χ3n) is 2.79. The number of aromatic amines is 1. The van der Waals surface area contributed by atoms with E-state index in [0.717, 1.165) is 5.69 Å². The van der Waals surface area contributed by atoms with Crippen molar-refractivity contribution in [1.29, 1.82) is 0 Å². The van der Waals surface area contributed by atoms with E-state index in [1.165, 1.54) is 0 Å². The molecule has 2 aromatic rings. The number of nitrogen functional groups attached to an aromatic ring is 1. The zero-order chi connectivity index (χ0) is 12.6. The van der Waals surface area contributed by atoms with Gasteiger partial charge in [-0.2, -0.15) is 0 Å². The number of aryl methyl sites for hydroxylation is 1. The van der Waals surface area contributed by atoms with E-state index < -0.39 is 9.84 Å². The van der Waals surface area contributed by atoms with Crippen LogP contribution in [0, 0.1) is 13.8 Å². The monoisotopic (exact) mass is 250 g/mol. The highest BCUT2D eigenvalue weighted by molar-refractivity contribution is 7.91. The first-order valence-corrected chi connectivity index (χ1v) is 6.67. The average molecular weight is 250 g/mol. The van der Waals surface area contributed by atoms with Gasteiger partial charge < -0.3 is 10.7 Å². The van der Waals surface area contributed by atoms with E-state index >= 15 is 0 Å². The first-order valence-electron chi connectivity index (χ1n) is 5.19. The number of rotatable bonds is 2. The van der Waals surface area contributed by atoms with Gasteiger partial charge in [-0.05, 0) is 31.5 Å². The molecule has 0 aliphatic heterocycles. The van der Waals surface area contributed by atoms with Crippen LogP contribution in [0.15, 0.2) is 40.1 Å². The molecule has 0 amide bonds. The Kier molecular flexibility index (Phi) is 2.71. The molecule has 2 rings (SSSR count). The maximum absolute atomic E-state index is 12.4. The van der Waals surface area contributed by atoms with Crippen molar-refractivity contribution >= 4 is 15.7 Å². The van der Waals surface area contributed by atoms with E-state index in [1.807, 2.05) is 0 Å². The molecule has 4 nitrogen and oxygen atoms in total. The highest BCUT2D eigenvalue weighted by Crippen LogP contribution is 2.30. The first kappa shape index (κ1) is 11.7. The smallest absolute Gasteiger partial charge is 0.210 e. The van der Waals surface area contributed by atoms with Crippen LogP contribution in [0.25, 0.3) is 0 Å². The highest BCUT2D eigenvalue weighted by Gasteiger charge is 2.25. The summed E-state index contributed by atoms with van der Waals surface area (Å²) in [6.07, 6.45) is 0. The Bertz CT molecular complexity index is 643. The lowest BCUT2D eigenvalue weighted by Gasteiger charge is -2.04. The van der Waals surface area contributed by atoms with E-state index in [9.17, 15) is 8.42 Å². The van der Waals surface area contributed by atoms with Gasteiger partial charge >= 0.3 is 0 Å². The minimum absolute atomic E-state index is 0.182. The average Bonchev–Trinajstić information content (AvgIpc) is 2.54. The lowest BCUT2D eigenvalue weighted by molar-refractivity contribution is 0.596. The molecule has 0 atom stereocenters. The summed E-state index contributed by atoms with van der Waals surface area (Å²) in [6.45, 7) is 3.55. The Morgan fingerprint density at radius 1 is 1.12 bits per heavy atom. The fraction of sp³-hybridized carbons (Fsp3) is 0.167. The molecule has 3 N–H and O–H groups in total. The molecule has 5 heteroatoms. The van der Waals surface area contributed by atoms with Crippen molar-refractivity contribution in [3.8, 4) is 0 Å². The van der Waals surface area contributed by atoms with Crippen molar-refractivity contribution in [1.82, 2.24) is 4.98 Å². The van der Waals surface area contributed by atoms with Gasteiger partial charge in [-0.25, -0.2) is 8.42 Å². The molecule has 0 unspecified atom stereocenters. The molecular formula is C12H14N2O2S. The van der Waals surface area contributed by atoms with Crippen LogP contribution >= 0.6 is 0 Å². The van der Waals surface area contributed by atoms with Crippen molar-refractivity contribution in [2.24, 2.45) is 0 Å². The first-order chi connectivity index (χ1) is 7.94. The second-order valence-electron chi connectivity index (χ2n) is 3.93. The quantitative estimate of drug-likeness (QED) is 0.856. The van der Waals surface area contributed by atoms with Crippen molar-refractivity contribution in [3.63, 3.8) is 0 Å². The zero-order valence-electron chi connectivity index (χ0n) is 9.69. The molecule has 17 heavy (non-hydrogen) atoms. The number of benzene rings is 1. The minimum Gasteiger partial charge on any atom is -0.384 e. The topological polar surface area (TPSA) is 76.0 Å². The second kappa shape index (κ2) is 3.92. The molecular weight excluding hydrogens is 236 g/mol.